The number of carbonyl (C=O) groups excluding carboxylic acids is 3. The third kappa shape index (κ3) is 8.41. The number of hydrogen-bond donors (Lipinski definition) is 7. The highest BCUT2D eigenvalue weighted by molar-refractivity contribution is 7.80. The number of nitrogens with one attached hydrogen (secondary N) is 2. The van der Waals surface area contributed by atoms with Gasteiger partial charge in [0, 0.05) is 18.7 Å². The van der Waals surface area contributed by atoms with E-state index >= 15 is 0 Å². The highest BCUT2D eigenvalue weighted by atomic mass is 32.1. The van der Waals surface area contributed by atoms with Crippen molar-refractivity contribution in [3.63, 3.8) is 0 Å². The molecule has 1 aliphatic rings. The lowest BCUT2D eigenvalue weighted by Crippen LogP contribution is -2.57. The molecule has 0 bridgehead atoms. The van der Waals surface area contributed by atoms with Crippen LogP contribution in [-0.4, -0.2) is 81.8 Å². The highest BCUT2D eigenvalue weighted by Crippen LogP contribution is 2.20. The monoisotopic (exact) mass is 509 g/mol. The van der Waals surface area contributed by atoms with E-state index in [2.05, 4.69) is 23.3 Å². The Balaban J connectivity index is 1.99. The summed E-state index contributed by atoms with van der Waals surface area (Å²) < 4.78 is 0. The number of aromatic hydroxyl groups is 1. The van der Waals surface area contributed by atoms with Crippen molar-refractivity contribution >= 4 is 36.3 Å². The normalized spacial score (nSPS) is 17.9. The van der Waals surface area contributed by atoms with Crippen LogP contribution in [0.2, 0.25) is 0 Å². The molecule has 0 aromatic heterocycles. The summed E-state index contributed by atoms with van der Waals surface area (Å²) in [5.74, 6) is -2.79. The molecule has 35 heavy (non-hydrogen) atoms. The molecule has 1 fully saturated rings. The van der Waals surface area contributed by atoms with Crippen LogP contribution in [0.15, 0.2) is 24.3 Å². The van der Waals surface area contributed by atoms with Crippen LogP contribution < -0.4 is 22.1 Å². The lowest BCUT2D eigenvalue weighted by Gasteiger charge is -2.28. The van der Waals surface area contributed by atoms with Gasteiger partial charge in [0.2, 0.25) is 17.7 Å². The predicted octanol–water partition coefficient (Wildman–Crippen LogP) is -0.634. The maximum Gasteiger partial charge on any atom is 0.326 e. The number of likely N-dealkylation sites (tertiary alicyclic amines) is 1. The number of thiol groups is 1. The summed E-state index contributed by atoms with van der Waals surface area (Å²) in [5.41, 5.74) is 12.1. The summed E-state index contributed by atoms with van der Waals surface area (Å²) in [4.78, 5) is 51.6. The number of amides is 3. The number of hydrogen-bond acceptors (Lipinski definition) is 8. The lowest BCUT2D eigenvalue weighted by atomic mass is 10.1. The van der Waals surface area contributed by atoms with E-state index in [4.69, 9.17) is 11.5 Å². The largest absolute Gasteiger partial charge is 0.508 e. The summed E-state index contributed by atoms with van der Waals surface area (Å²) in [6.07, 6.45) is 3.00. The van der Waals surface area contributed by atoms with Gasteiger partial charge in [-0.25, -0.2) is 4.79 Å². The Labute approximate surface area is 210 Å². The second kappa shape index (κ2) is 13.9. The fraction of sp³-hybridized carbons (Fsp3) is 0.565. The van der Waals surface area contributed by atoms with Crippen LogP contribution in [0.3, 0.4) is 0 Å². The number of phenols is 1. The Bertz CT molecular complexity index is 884. The van der Waals surface area contributed by atoms with Gasteiger partial charge in [0.25, 0.3) is 0 Å². The van der Waals surface area contributed by atoms with Crippen LogP contribution >= 0.6 is 12.6 Å². The third-order valence-corrected chi connectivity index (χ3v) is 6.30. The fourth-order valence-electron chi connectivity index (χ4n) is 3.95. The van der Waals surface area contributed by atoms with Crippen LogP contribution in [0.25, 0.3) is 0 Å². The molecule has 1 aliphatic heterocycles. The molecule has 0 spiro atoms. The van der Waals surface area contributed by atoms with E-state index in [9.17, 15) is 29.4 Å². The van der Waals surface area contributed by atoms with Gasteiger partial charge in [-0.05, 0) is 49.9 Å². The number of unbranched alkanes of at least 4 members (excludes halogenated alkanes) is 1. The van der Waals surface area contributed by atoms with Crippen molar-refractivity contribution in [3.05, 3.63) is 29.8 Å². The third-order valence-electron chi connectivity index (χ3n) is 5.93. The van der Waals surface area contributed by atoms with Gasteiger partial charge < -0.3 is 37.2 Å². The van der Waals surface area contributed by atoms with Gasteiger partial charge >= 0.3 is 5.97 Å². The minimum atomic E-state index is -1.25. The van der Waals surface area contributed by atoms with E-state index in [1.54, 1.807) is 12.1 Å². The molecule has 0 aliphatic carbocycles. The Morgan fingerprint density at radius 1 is 1.11 bits per heavy atom. The molecule has 4 unspecified atom stereocenters. The van der Waals surface area contributed by atoms with E-state index in [1.807, 2.05) is 0 Å². The number of carboxylic acid groups (broad SMARTS) is 1. The van der Waals surface area contributed by atoms with Gasteiger partial charge in [-0.3, -0.25) is 14.4 Å². The molecule has 11 nitrogen and oxygen atoms in total. The zero-order valence-electron chi connectivity index (χ0n) is 19.6. The highest BCUT2D eigenvalue weighted by Gasteiger charge is 2.37. The minimum absolute atomic E-state index is 0.0124. The maximum absolute atomic E-state index is 12.9. The average molecular weight is 510 g/mol. The molecule has 1 aromatic carbocycles. The number of carboxylic acids is 1. The molecular weight excluding hydrogens is 474 g/mol. The summed E-state index contributed by atoms with van der Waals surface area (Å²) in [6.45, 7) is 0.910. The van der Waals surface area contributed by atoms with Gasteiger partial charge in [-0.15, -0.1) is 0 Å². The van der Waals surface area contributed by atoms with Crippen molar-refractivity contribution in [3.8, 4) is 5.75 Å². The molecule has 1 aromatic rings. The van der Waals surface area contributed by atoms with Crippen molar-refractivity contribution in [2.75, 3.05) is 18.8 Å². The first-order chi connectivity index (χ1) is 16.7. The molecule has 12 heteroatoms. The SMILES string of the molecule is NCCCCC(N)C(=O)N1CCCC1C(=O)NC(CS)C(=O)NC(Cc1ccc(O)cc1)C(=O)O. The zero-order valence-corrected chi connectivity index (χ0v) is 20.5. The fourth-order valence-corrected chi connectivity index (χ4v) is 4.21. The van der Waals surface area contributed by atoms with Crippen LogP contribution in [0.1, 0.15) is 37.7 Å². The second-order valence-electron chi connectivity index (χ2n) is 8.59. The van der Waals surface area contributed by atoms with Crippen molar-refractivity contribution in [2.45, 2.75) is 62.7 Å². The molecule has 1 saturated heterocycles. The van der Waals surface area contributed by atoms with Gasteiger partial charge in [-0.2, -0.15) is 12.6 Å². The molecule has 4 atom stereocenters. The van der Waals surface area contributed by atoms with E-state index < -0.39 is 42.0 Å². The van der Waals surface area contributed by atoms with Gasteiger partial charge in [-0.1, -0.05) is 18.6 Å². The summed E-state index contributed by atoms with van der Waals surface area (Å²) in [7, 11) is 0. The topological polar surface area (TPSA) is 188 Å². The lowest BCUT2D eigenvalue weighted by molar-refractivity contribution is -0.143. The predicted molar refractivity (Wildman–Crippen MR) is 133 cm³/mol. The van der Waals surface area contributed by atoms with E-state index in [1.165, 1.54) is 17.0 Å². The Hall–Kier alpha value is -2.83. The Morgan fingerprint density at radius 3 is 2.40 bits per heavy atom. The van der Waals surface area contributed by atoms with Crippen LogP contribution in [0, 0.1) is 0 Å². The summed E-state index contributed by atoms with van der Waals surface area (Å²) in [6, 6.07) is 2.13. The molecule has 3 amide bonds. The van der Waals surface area contributed by atoms with Gasteiger partial charge in [0.15, 0.2) is 0 Å². The van der Waals surface area contributed by atoms with E-state index in [-0.39, 0.29) is 23.8 Å². The molecule has 0 saturated carbocycles. The molecule has 194 valence electrons. The number of rotatable bonds is 13. The van der Waals surface area contributed by atoms with Crippen LogP contribution in [0.4, 0.5) is 0 Å². The number of aliphatic carboxylic acids is 1. The van der Waals surface area contributed by atoms with Gasteiger partial charge in [0.05, 0.1) is 6.04 Å². The first-order valence-corrected chi connectivity index (χ1v) is 12.3. The van der Waals surface area contributed by atoms with Crippen molar-refractivity contribution < 1.29 is 29.4 Å². The maximum atomic E-state index is 12.9. The summed E-state index contributed by atoms with van der Waals surface area (Å²) >= 11 is 4.14. The standard InChI is InChI=1S/C23H35N5O6S/c24-10-2-1-4-16(25)22(32)28-11-3-5-19(28)21(31)27-18(13-35)20(30)26-17(23(33)34)12-14-6-8-15(29)9-7-14/h6-9,16-19,29,35H,1-5,10-13,24-25H2,(H,26,30)(H,27,31)(H,33,34). The number of phenolic OH excluding ortho intramolecular Hbond substituents is 1. The number of carbonyl (C=O) groups is 4. The van der Waals surface area contributed by atoms with Crippen molar-refractivity contribution in [1.29, 1.82) is 0 Å². The minimum Gasteiger partial charge on any atom is -0.508 e. The van der Waals surface area contributed by atoms with Crippen molar-refractivity contribution in [2.24, 2.45) is 11.5 Å². The van der Waals surface area contributed by atoms with Gasteiger partial charge in [0.1, 0.15) is 23.9 Å². The van der Waals surface area contributed by atoms with Crippen LogP contribution in [0.5, 0.6) is 5.75 Å². The Kier molecular flexibility index (Phi) is 11.3. The van der Waals surface area contributed by atoms with E-state index in [0.29, 0.717) is 44.3 Å². The number of benzene rings is 1. The smallest absolute Gasteiger partial charge is 0.326 e. The molecule has 0 radical (unpaired) electrons. The molecule has 8 N–H and O–H groups in total. The molecule has 2 rings (SSSR count). The first kappa shape index (κ1) is 28.4. The van der Waals surface area contributed by atoms with Crippen molar-refractivity contribution in [1.82, 2.24) is 15.5 Å². The number of nitrogens with zero attached hydrogens (tertiary/aromatic N) is 1. The molecule has 1 heterocycles. The summed E-state index contributed by atoms with van der Waals surface area (Å²) in [5, 5.41) is 24.0. The second-order valence-corrected chi connectivity index (χ2v) is 8.96. The number of nitrogens with two attached hydrogens (primary N) is 2. The zero-order chi connectivity index (χ0) is 26.0. The Morgan fingerprint density at radius 2 is 1.80 bits per heavy atom. The molecular formula is C23H35N5O6S. The van der Waals surface area contributed by atoms with E-state index in [0.717, 1.165) is 6.42 Å². The quantitative estimate of drug-likeness (QED) is 0.135. The average Bonchev–Trinajstić information content (AvgIpc) is 3.32. The first-order valence-electron chi connectivity index (χ1n) is 11.7. The van der Waals surface area contributed by atoms with Crippen LogP contribution in [-0.2, 0) is 25.6 Å².